The maximum Gasteiger partial charge on any atom is 0.0545 e. The maximum absolute atomic E-state index is 4.73. The predicted molar refractivity (Wildman–Crippen MR) is 68.7 cm³/mol. The van der Waals surface area contributed by atoms with Crippen LogP contribution in [-0.2, 0) is 11.3 Å². The second-order valence-corrected chi connectivity index (χ2v) is 5.23. The Morgan fingerprint density at radius 2 is 2.33 bits per heavy atom. The SMILES string of the molecule is CCNCc1cccc2c1C(C)(S)CN2. The van der Waals surface area contributed by atoms with Crippen molar-refractivity contribution < 1.29 is 0 Å². The van der Waals surface area contributed by atoms with Crippen LogP contribution in [0.25, 0.3) is 0 Å². The lowest BCUT2D eigenvalue weighted by Crippen LogP contribution is -2.20. The number of anilines is 1. The summed E-state index contributed by atoms with van der Waals surface area (Å²) < 4.78 is -0.0403. The van der Waals surface area contributed by atoms with Gasteiger partial charge >= 0.3 is 0 Å². The molecule has 0 saturated carbocycles. The highest BCUT2D eigenvalue weighted by Gasteiger charge is 2.32. The minimum atomic E-state index is -0.0403. The summed E-state index contributed by atoms with van der Waals surface area (Å²) in [6, 6.07) is 6.42. The van der Waals surface area contributed by atoms with E-state index >= 15 is 0 Å². The van der Waals surface area contributed by atoms with Crippen LogP contribution in [0, 0.1) is 0 Å². The molecule has 82 valence electrons. The van der Waals surface area contributed by atoms with Crippen LogP contribution in [0.15, 0.2) is 18.2 Å². The second kappa shape index (κ2) is 4.06. The van der Waals surface area contributed by atoms with Gasteiger partial charge in [-0.3, -0.25) is 0 Å². The molecule has 3 heteroatoms. The van der Waals surface area contributed by atoms with E-state index in [0.29, 0.717) is 0 Å². The Labute approximate surface area is 96.9 Å². The van der Waals surface area contributed by atoms with Gasteiger partial charge in [0.25, 0.3) is 0 Å². The molecule has 2 nitrogen and oxygen atoms in total. The molecule has 1 aromatic rings. The molecule has 0 radical (unpaired) electrons. The Morgan fingerprint density at radius 1 is 1.53 bits per heavy atom. The molecule has 1 unspecified atom stereocenters. The molecule has 0 spiro atoms. The van der Waals surface area contributed by atoms with Gasteiger partial charge in [0.2, 0.25) is 0 Å². The van der Waals surface area contributed by atoms with Crippen LogP contribution in [0.3, 0.4) is 0 Å². The molecule has 1 heterocycles. The molecule has 0 saturated heterocycles. The Hall–Kier alpha value is -0.670. The van der Waals surface area contributed by atoms with Gasteiger partial charge in [-0.1, -0.05) is 19.1 Å². The number of hydrogen-bond donors (Lipinski definition) is 3. The quantitative estimate of drug-likeness (QED) is 0.684. The van der Waals surface area contributed by atoms with Gasteiger partial charge in [-0.25, -0.2) is 0 Å². The Morgan fingerprint density at radius 3 is 3.07 bits per heavy atom. The summed E-state index contributed by atoms with van der Waals surface area (Å²) in [5.41, 5.74) is 3.95. The van der Waals surface area contributed by atoms with Crippen molar-refractivity contribution in [3.8, 4) is 0 Å². The van der Waals surface area contributed by atoms with Gasteiger partial charge in [0, 0.05) is 18.8 Å². The van der Waals surface area contributed by atoms with Crippen molar-refractivity contribution in [1.29, 1.82) is 0 Å². The smallest absolute Gasteiger partial charge is 0.0545 e. The first-order chi connectivity index (χ1) is 7.15. The Bertz CT molecular complexity index is 361. The van der Waals surface area contributed by atoms with Crippen molar-refractivity contribution in [1.82, 2.24) is 5.32 Å². The fraction of sp³-hybridized carbons (Fsp3) is 0.500. The van der Waals surface area contributed by atoms with Gasteiger partial charge in [-0.05, 0) is 30.7 Å². The van der Waals surface area contributed by atoms with Crippen LogP contribution in [-0.4, -0.2) is 13.1 Å². The summed E-state index contributed by atoms with van der Waals surface area (Å²) in [6.07, 6.45) is 0. The molecule has 0 bridgehead atoms. The minimum absolute atomic E-state index is 0.0403. The zero-order valence-electron chi connectivity index (χ0n) is 9.30. The monoisotopic (exact) mass is 222 g/mol. The molecule has 15 heavy (non-hydrogen) atoms. The van der Waals surface area contributed by atoms with Gasteiger partial charge in [0.1, 0.15) is 0 Å². The second-order valence-electron chi connectivity index (χ2n) is 4.25. The van der Waals surface area contributed by atoms with E-state index in [2.05, 4.69) is 42.7 Å². The first-order valence-corrected chi connectivity index (χ1v) is 5.89. The highest BCUT2D eigenvalue weighted by molar-refractivity contribution is 7.81. The fourth-order valence-electron chi connectivity index (χ4n) is 2.15. The fourth-order valence-corrected chi connectivity index (χ4v) is 2.49. The van der Waals surface area contributed by atoms with E-state index in [4.69, 9.17) is 12.6 Å². The van der Waals surface area contributed by atoms with Crippen molar-refractivity contribution in [3.05, 3.63) is 29.3 Å². The van der Waals surface area contributed by atoms with Gasteiger partial charge in [0.15, 0.2) is 0 Å². The van der Waals surface area contributed by atoms with Crippen LogP contribution in [0.5, 0.6) is 0 Å². The average Bonchev–Trinajstić information content (AvgIpc) is 2.53. The number of fused-ring (bicyclic) bond motifs is 1. The van der Waals surface area contributed by atoms with Gasteiger partial charge in [-0.15, -0.1) is 0 Å². The van der Waals surface area contributed by atoms with Crippen molar-refractivity contribution in [3.63, 3.8) is 0 Å². The van der Waals surface area contributed by atoms with Crippen molar-refractivity contribution in [2.45, 2.75) is 25.1 Å². The number of nitrogens with one attached hydrogen (secondary N) is 2. The average molecular weight is 222 g/mol. The maximum atomic E-state index is 4.73. The number of hydrogen-bond acceptors (Lipinski definition) is 3. The molecule has 2 N–H and O–H groups in total. The van der Waals surface area contributed by atoms with Crippen LogP contribution in [0.1, 0.15) is 25.0 Å². The van der Waals surface area contributed by atoms with Crippen molar-refractivity contribution >= 4 is 18.3 Å². The van der Waals surface area contributed by atoms with E-state index in [9.17, 15) is 0 Å². The topological polar surface area (TPSA) is 24.1 Å². The number of benzene rings is 1. The third-order valence-electron chi connectivity index (χ3n) is 2.88. The van der Waals surface area contributed by atoms with E-state index in [1.807, 2.05) is 0 Å². The predicted octanol–water partition coefficient (Wildman–Crippen LogP) is 2.37. The third-order valence-corrected chi connectivity index (χ3v) is 3.26. The van der Waals surface area contributed by atoms with E-state index in [-0.39, 0.29) is 4.75 Å². The molecule has 1 aliphatic rings. The van der Waals surface area contributed by atoms with Gasteiger partial charge in [0.05, 0.1) is 4.75 Å². The Balaban J connectivity index is 2.36. The summed E-state index contributed by atoms with van der Waals surface area (Å²) in [5, 5.41) is 6.77. The molecule has 1 atom stereocenters. The molecule has 1 aromatic carbocycles. The number of rotatable bonds is 3. The van der Waals surface area contributed by atoms with Crippen molar-refractivity contribution in [2.24, 2.45) is 0 Å². The van der Waals surface area contributed by atoms with Crippen LogP contribution >= 0.6 is 12.6 Å². The van der Waals surface area contributed by atoms with E-state index in [1.54, 1.807) is 0 Å². The first kappa shape index (κ1) is 10.8. The lowest BCUT2D eigenvalue weighted by Gasteiger charge is -2.20. The normalized spacial score (nSPS) is 23.7. The zero-order valence-corrected chi connectivity index (χ0v) is 10.2. The molecule has 2 rings (SSSR count). The molecule has 0 fully saturated rings. The highest BCUT2D eigenvalue weighted by atomic mass is 32.1. The standard InChI is InChI=1S/C12H18N2S/c1-3-13-7-9-5-4-6-10-11(9)12(2,15)8-14-10/h4-6,13-15H,3,7-8H2,1-2H3. The van der Waals surface area contributed by atoms with Crippen LogP contribution in [0.4, 0.5) is 5.69 Å². The molecule has 1 aliphatic heterocycles. The largest absolute Gasteiger partial charge is 0.383 e. The van der Waals surface area contributed by atoms with E-state index in [0.717, 1.165) is 19.6 Å². The van der Waals surface area contributed by atoms with E-state index in [1.165, 1.54) is 16.8 Å². The van der Waals surface area contributed by atoms with Crippen LogP contribution < -0.4 is 10.6 Å². The molecular weight excluding hydrogens is 204 g/mol. The summed E-state index contributed by atoms with van der Waals surface area (Å²) in [4.78, 5) is 0. The highest BCUT2D eigenvalue weighted by Crippen LogP contribution is 2.41. The van der Waals surface area contributed by atoms with E-state index < -0.39 is 0 Å². The van der Waals surface area contributed by atoms with Crippen LogP contribution in [0.2, 0.25) is 0 Å². The van der Waals surface area contributed by atoms with Gasteiger partial charge < -0.3 is 10.6 Å². The molecular formula is C12H18N2S. The zero-order chi connectivity index (χ0) is 10.9. The molecule has 0 aliphatic carbocycles. The summed E-state index contributed by atoms with van der Waals surface area (Å²) in [7, 11) is 0. The molecule has 0 aromatic heterocycles. The lowest BCUT2D eigenvalue weighted by molar-refractivity contribution is 0.701. The summed E-state index contributed by atoms with van der Waals surface area (Å²) in [5.74, 6) is 0. The Kier molecular flexibility index (Phi) is 2.94. The van der Waals surface area contributed by atoms with Crippen molar-refractivity contribution in [2.75, 3.05) is 18.4 Å². The first-order valence-electron chi connectivity index (χ1n) is 5.44. The number of thiol groups is 1. The minimum Gasteiger partial charge on any atom is -0.383 e. The molecule has 0 amide bonds. The van der Waals surface area contributed by atoms with Gasteiger partial charge in [-0.2, -0.15) is 12.6 Å². The summed E-state index contributed by atoms with van der Waals surface area (Å²) in [6.45, 7) is 7.14. The summed E-state index contributed by atoms with van der Waals surface area (Å²) >= 11 is 4.73. The lowest BCUT2D eigenvalue weighted by atomic mass is 9.96. The third kappa shape index (κ3) is 1.99.